The second kappa shape index (κ2) is 6.25. The van der Waals surface area contributed by atoms with E-state index in [0.29, 0.717) is 29.2 Å². The van der Waals surface area contributed by atoms with Gasteiger partial charge in [0.15, 0.2) is 0 Å². The Kier molecular flexibility index (Phi) is 4.42. The Morgan fingerprint density at radius 2 is 1.89 bits per heavy atom. The summed E-state index contributed by atoms with van der Waals surface area (Å²) in [4.78, 5) is 11.8. The van der Waals surface area contributed by atoms with Crippen molar-refractivity contribution in [3.05, 3.63) is 59.1 Å². The molecule has 3 N–H and O–H groups in total. The minimum absolute atomic E-state index is 0.0728. The molecule has 0 radical (unpaired) electrons. The molecule has 19 heavy (non-hydrogen) atoms. The van der Waals surface area contributed by atoms with Gasteiger partial charge in [0, 0.05) is 12.1 Å². The number of aryl methyl sites for hydroxylation is 1. The van der Waals surface area contributed by atoms with Crippen LogP contribution in [0.25, 0.3) is 0 Å². The molecule has 0 heterocycles. The molecule has 0 spiro atoms. The van der Waals surface area contributed by atoms with Crippen molar-refractivity contribution in [3.8, 4) is 0 Å². The number of nitrogens with two attached hydrogens (primary N) is 1. The zero-order valence-corrected chi connectivity index (χ0v) is 11.2. The van der Waals surface area contributed by atoms with Crippen LogP contribution in [0.3, 0.4) is 0 Å². The Hall–Kier alpha value is -2.00. The van der Waals surface area contributed by atoms with Gasteiger partial charge in [-0.1, -0.05) is 41.9 Å². The Morgan fingerprint density at radius 3 is 2.63 bits per heavy atom. The predicted octanol–water partition coefficient (Wildman–Crippen LogP) is 3.49. The van der Waals surface area contributed by atoms with Crippen molar-refractivity contribution in [3.63, 3.8) is 0 Å². The topological polar surface area (TPSA) is 55.1 Å². The van der Waals surface area contributed by atoms with E-state index in [0.717, 1.165) is 5.56 Å². The monoisotopic (exact) mass is 274 g/mol. The number of carbonyl (C=O) groups is 1. The Morgan fingerprint density at radius 1 is 1.16 bits per heavy atom. The van der Waals surface area contributed by atoms with E-state index in [2.05, 4.69) is 5.32 Å². The molecule has 0 aliphatic carbocycles. The van der Waals surface area contributed by atoms with Crippen LogP contribution in [0.15, 0.2) is 48.5 Å². The fourth-order valence-electron chi connectivity index (χ4n) is 1.75. The minimum Gasteiger partial charge on any atom is -0.399 e. The lowest BCUT2D eigenvalue weighted by molar-refractivity contribution is -0.116. The number of hydrogen-bond donors (Lipinski definition) is 2. The molecular weight excluding hydrogens is 260 g/mol. The SMILES string of the molecule is Nc1ccc(Cl)c(NC(=O)CCc2ccccc2)c1. The maximum atomic E-state index is 11.8. The third-order valence-electron chi connectivity index (χ3n) is 2.75. The number of hydrogen-bond acceptors (Lipinski definition) is 2. The van der Waals surface area contributed by atoms with E-state index in [4.69, 9.17) is 17.3 Å². The fourth-order valence-corrected chi connectivity index (χ4v) is 1.92. The summed E-state index contributed by atoms with van der Waals surface area (Å²) in [5.41, 5.74) is 7.92. The summed E-state index contributed by atoms with van der Waals surface area (Å²) in [6.07, 6.45) is 1.11. The normalized spacial score (nSPS) is 10.2. The van der Waals surface area contributed by atoms with Gasteiger partial charge in [-0.05, 0) is 30.2 Å². The first kappa shape index (κ1) is 13.4. The van der Waals surface area contributed by atoms with Crippen LogP contribution in [0, 0.1) is 0 Å². The number of benzene rings is 2. The molecule has 0 unspecified atom stereocenters. The summed E-state index contributed by atoms with van der Waals surface area (Å²) < 4.78 is 0. The Balaban J connectivity index is 1.93. The fraction of sp³-hybridized carbons (Fsp3) is 0.133. The lowest BCUT2D eigenvalue weighted by Gasteiger charge is -2.08. The summed E-state index contributed by atoms with van der Waals surface area (Å²) in [6, 6.07) is 14.9. The van der Waals surface area contributed by atoms with Gasteiger partial charge in [0.2, 0.25) is 5.91 Å². The van der Waals surface area contributed by atoms with E-state index >= 15 is 0 Å². The molecule has 0 atom stereocenters. The van der Waals surface area contributed by atoms with Gasteiger partial charge in [-0.15, -0.1) is 0 Å². The molecule has 0 saturated heterocycles. The maximum Gasteiger partial charge on any atom is 0.224 e. The maximum absolute atomic E-state index is 11.8. The first-order valence-electron chi connectivity index (χ1n) is 6.04. The number of rotatable bonds is 4. The van der Waals surface area contributed by atoms with Crippen molar-refractivity contribution in [2.45, 2.75) is 12.8 Å². The summed E-state index contributed by atoms with van der Waals surface area (Å²) in [6.45, 7) is 0. The summed E-state index contributed by atoms with van der Waals surface area (Å²) >= 11 is 5.99. The van der Waals surface area contributed by atoms with Crippen molar-refractivity contribution in [2.75, 3.05) is 11.1 Å². The number of nitrogens with one attached hydrogen (secondary N) is 1. The van der Waals surface area contributed by atoms with Gasteiger partial charge < -0.3 is 11.1 Å². The molecule has 0 saturated carbocycles. The largest absolute Gasteiger partial charge is 0.399 e. The highest BCUT2D eigenvalue weighted by molar-refractivity contribution is 6.33. The van der Waals surface area contributed by atoms with Crippen LogP contribution in [0.4, 0.5) is 11.4 Å². The van der Waals surface area contributed by atoms with Gasteiger partial charge >= 0.3 is 0 Å². The zero-order valence-electron chi connectivity index (χ0n) is 10.4. The highest BCUT2D eigenvalue weighted by atomic mass is 35.5. The van der Waals surface area contributed by atoms with Crippen molar-refractivity contribution >= 4 is 28.9 Å². The van der Waals surface area contributed by atoms with Crippen LogP contribution < -0.4 is 11.1 Å². The number of anilines is 2. The van der Waals surface area contributed by atoms with E-state index in [1.54, 1.807) is 18.2 Å². The van der Waals surface area contributed by atoms with Gasteiger partial charge in [0.1, 0.15) is 0 Å². The van der Waals surface area contributed by atoms with Crippen LogP contribution in [0.1, 0.15) is 12.0 Å². The molecular formula is C15H15ClN2O. The zero-order chi connectivity index (χ0) is 13.7. The lowest BCUT2D eigenvalue weighted by Crippen LogP contribution is -2.12. The molecule has 2 aromatic rings. The van der Waals surface area contributed by atoms with Gasteiger partial charge in [0.25, 0.3) is 0 Å². The number of amides is 1. The van der Waals surface area contributed by atoms with Crippen LogP contribution >= 0.6 is 11.6 Å². The standard InChI is InChI=1S/C15H15ClN2O/c16-13-8-7-12(17)10-14(13)18-15(19)9-6-11-4-2-1-3-5-11/h1-5,7-8,10H,6,9,17H2,(H,18,19). The van der Waals surface area contributed by atoms with Crippen molar-refractivity contribution in [1.29, 1.82) is 0 Å². The van der Waals surface area contributed by atoms with E-state index in [1.807, 2.05) is 30.3 Å². The number of halogens is 1. The summed E-state index contributed by atoms with van der Waals surface area (Å²) in [7, 11) is 0. The van der Waals surface area contributed by atoms with E-state index in [-0.39, 0.29) is 5.91 Å². The first-order valence-corrected chi connectivity index (χ1v) is 6.42. The highest BCUT2D eigenvalue weighted by Gasteiger charge is 2.06. The molecule has 1 amide bonds. The van der Waals surface area contributed by atoms with Crippen molar-refractivity contribution < 1.29 is 4.79 Å². The van der Waals surface area contributed by atoms with E-state index in [1.165, 1.54) is 0 Å². The smallest absolute Gasteiger partial charge is 0.224 e. The molecule has 2 rings (SSSR count). The molecule has 0 aliphatic rings. The molecule has 0 bridgehead atoms. The minimum atomic E-state index is -0.0728. The van der Waals surface area contributed by atoms with Crippen LogP contribution in [0.2, 0.25) is 5.02 Å². The van der Waals surface area contributed by atoms with Gasteiger partial charge in [-0.25, -0.2) is 0 Å². The van der Waals surface area contributed by atoms with Crippen LogP contribution in [0.5, 0.6) is 0 Å². The average Bonchev–Trinajstić information content (AvgIpc) is 2.42. The second-order valence-corrected chi connectivity index (χ2v) is 4.68. The Bertz CT molecular complexity index is 570. The quantitative estimate of drug-likeness (QED) is 0.839. The van der Waals surface area contributed by atoms with Crippen LogP contribution in [-0.4, -0.2) is 5.91 Å². The average molecular weight is 275 g/mol. The third kappa shape index (κ3) is 4.00. The van der Waals surface area contributed by atoms with Gasteiger partial charge in [0.05, 0.1) is 10.7 Å². The van der Waals surface area contributed by atoms with Gasteiger partial charge in [-0.3, -0.25) is 4.79 Å². The molecule has 98 valence electrons. The van der Waals surface area contributed by atoms with E-state index in [9.17, 15) is 4.79 Å². The second-order valence-electron chi connectivity index (χ2n) is 4.27. The van der Waals surface area contributed by atoms with Crippen molar-refractivity contribution in [2.24, 2.45) is 0 Å². The molecule has 0 fully saturated rings. The summed E-state index contributed by atoms with van der Waals surface area (Å²) in [5, 5.41) is 3.26. The third-order valence-corrected chi connectivity index (χ3v) is 3.08. The molecule has 3 nitrogen and oxygen atoms in total. The summed E-state index contributed by atoms with van der Waals surface area (Å²) in [5.74, 6) is -0.0728. The molecule has 0 aliphatic heterocycles. The highest BCUT2D eigenvalue weighted by Crippen LogP contribution is 2.24. The number of nitrogen functional groups attached to an aromatic ring is 1. The predicted molar refractivity (Wildman–Crippen MR) is 79.3 cm³/mol. The Labute approximate surface area is 117 Å². The van der Waals surface area contributed by atoms with Gasteiger partial charge in [-0.2, -0.15) is 0 Å². The van der Waals surface area contributed by atoms with E-state index < -0.39 is 0 Å². The van der Waals surface area contributed by atoms with Crippen molar-refractivity contribution in [1.82, 2.24) is 0 Å². The first-order chi connectivity index (χ1) is 9.15. The molecule has 4 heteroatoms. The van der Waals surface area contributed by atoms with Crippen LogP contribution in [-0.2, 0) is 11.2 Å². The number of carbonyl (C=O) groups excluding carboxylic acids is 1. The lowest BCUT2D eigenvalue weighted by atomic mass is 10.1. The molecule has 2 aromatic carbocycles. The molecule has 0 aromatic heterocycles.